The molecule has 5 nitrogen and oxygen atoms in total. The molecule has 0 atom stereocenters. The lowest BCUT2D eigenvalue weighted by Crippen LogP contribution is -2.14. The van der Waals surface area contributed by atoms with Gasteiger partial charge in [0, 0.05) is 11.3 Å². The molecule has 0 aliphatic heterocycles. The topological polar surface area (TPSA) is 72.5 Å². The van der Waals surface area contributed by atoms with Crippen LogP contribution in [0.4, 0.5) is 5.69 Å². The minimum absolute atomic E-state index is 0.00256. The van der Waals surface area contributed by atoms with E-state index >= 15 is 0 Å². The summed E-state index contributed by atoms with van der Waals surface area (Å²) in [5.74, 6) is 0.628. The standard InChI is InChI=1S/C20H23NO4S/c1-4-26(23,24)21-18-10-8-17(9-11-18)20(22)14-7-16-5-12-19(13-6-16)25-15(2)3/h5-15,21H,4H2,1-3H3. The minimum atomic E-state index is -3.32. The van der Waals surface area contributed by atoms with Crippen LogP contribution < -0.4 is 9.46 Å². The number of anilines is 1. The first-order valence-corrected chi connectivity index (χ1v) is 10.0. The van der Waals surface area contributed by atoms with Crippen LogP contribution in [0.15, 0.2) is 54.6 Å². The van der Waals surface area contributed by atoms with Crippen LogP contribution in [0, 0.1) is 0 Å². The highest BCUT2D eigenvalue weighted by atomic mass is 32.2. The number of ketones is 1. The SMILES string of the molecule is CCS(=O)(=O)Nc1ccc(C(=O)C=Cc2ccc(OC(C)C)cc2)cc1. The Morgan fingerprint density at radius 3 is 2.23 bits per heavy atom. The molecule has 0 unspecified atom stereocenters. The average molecular weight is 373 g/mol. The molecule has 1 N–H and O–H groups in total. The highest BCUT2D eigenvalue weighted by Crippen LogP contribution is 2.16. The summed E-state index contributed by atoms with van der Waals surface area (Å²) in [6.07, 6.45) is 3.33. The van der Waals surface area contributed by atoms with E-state index in [0.717, 1.165) is 11.3 Å². The quantitative estimate of drug-likeness (QED) is 0.558. The fourth-order valence-electron chi connectivity index (χ4n) is 2.15. The maximum atomic E-state index is 12.2. The highest BCUT2D eigenvalue weighted by Gasteiger charge is 2.07. The molecule has 0 amide bonds. The predicted molar refractivity (Wildman–Crippen MR) is 105 cm³/mol. The number of hydrogen-bond acceptors (Lipinski definition) is 4. The molecule has 0 saturated heterocycles. The zero-order valence-corrected chi connectivity index (χ0v) is 15.9. The lowest BCUT2D eigenvalue weighted by atomic mass is 10.1. The number of hydrogen-bond donors (Lipinski definition) is 1. The Morgan fingerprint density at radius 1 is 1.08 bits per heavy atom. The average Bonchev–Trinajstić information content (AvgIpc) is 2.61. The summed E-state index contributed by atoms with van der Waals surface area (Å²) in [7, 11) is -3.32. The van der Waals surface area contributed by atoms with Gasteiger partial charge in [-0.15, -0.1) is 0 Å². The van der Waals surface area contributed by atoms with Crippen LogP contribution >= 0.6 is 0 Å². The molecule has 138 valence electrons. The lowest BCUT2D eigenvalue weighted by molar-refractivity contribution is 0.104. The zero-order valence-electron chi connectivity index (χ0n) is 15.1. The van der Waals surface area contributed by atoms with Crippen molar-refractivity contribution in [3.63, 3.8) is 0 Å². The second-order valence-electron chi connectivity index (χ2n) is 6.02. The summed E-state index contributed by atoms with van der Waals surface area (Å²) in [6.45, 7) is 5.49. The zero-order chi connectivity index (χ0) is 19.2. The van der Waals surface area contributed by atoms with E-state index in [-0.39, 0.29) is 17.6 Å². The van der Waals surface area contributed by atoms with Crippen molar-refractivity contribution in [1.29, 1.82) is 0 Å². The van der Waals surface area contributed by atoms with Gasteiger partial charge in [-0.3, -0.25) is 9.52 Å². The Hall–Kier alpha value is -2.60. The molecular formula is C20H23NO4S. The third-order valence-corrected chi connectivity index (χ3v) is 4.81. The van der Waals surface area contributed by atoms with Crippen molar-refractivity contribution >= 4 is 27.6 Å². The van der Waals surface area contributed by atoms with E-state index in [0.29, 0.717) is 11.3 Å². The van der Waals surface area contributed by atoms with Gasteiger partial charge in [-0.05, 0) is 68.8 Å². The van der Waals surface area contributed by atoms with Gasteiger partial charge in [0.2, 0.25) is 10.0 Å². The number of allylic oxidation sites excluding steroid dienone is 1. The van der Waals surface area contributed by atoms with E-state index in [1.165, 1.54) is 6.08 Å². The monoisotopic (exact) mass is 373 g/mol. The summed E-state index contributed by atoms with van der Waals surface area (Å²) < 4.78 is 31.1. The Morgan fingerprint density at radius 2 is 1.69 bits per heavy atom. The maximum absolute atomic E-state index is 12.2. The summed E-state index contributed by atoms with van der Waals surface area (Å²) in [6, 6.07) is 13.8. The first-order chi connectivity index (χ1) is 12.3. The van der Waals surface area contributed by atoms with Crippen LogP contribution in [0.2, 0.25) is 0 Å². The first kappa shape index (κ1) is 19.7. The number of benzene rings is 2. The molecular weight excluding hydrogens is 350 g/mol. The largest absolute Gasteiger partial charge is 0.491 e. The minimum Gasteiger partial charge on any atom is -0.491 e. The number of ether oxygens (including phenoxy) is 1. The molecule has 2 aromatic rings. The van der Waals surface area contributed by atoms with Crippen LogP contribution in [0.1, 0.15) is 36.7 Å². The third kappa shape index (κ3) is 6.04. The van der Waals surface area contributed by atoms with Crippen molar-refractivity contribution in [2.24, 2.45) is 0 Å². The molecule has 0 radical (unpaired) electrons. The highest BCUT2D eigenvalue weighted by molar-refractivity contribution is 7.92. The second kappa shape index (κ2) is 8.67. The van der Waals surface area contributed by atoms with Crippen LogP contribution in [-0.2, 0) is 10.0 Å². The summed E-state index contributed by atoms with van der Waals surface area (Å²) in [5.41, 5.74) is 1.82. The third-order valence-electron chi connectivity index (χ3n) is 3.50. The molecule has 2 rings (SSSR count). The number of carbonyl (C=O) groups is 1. The molecule has 6 heteroatoms. The molecule has 0 aromatic heterocycles. The second-order valence-corrected chi connectivity index (χ2v) is 8.03. The Labute approximate surface area is 154 Å². The molecule has 0 spiro atoms. The van der Waals surface area contributed by atoms with Crippen LogP contribution in [0.25, 0.3) is 6.08 Å². The molecule has 26 heavy (non-hydrogen) atoms. The van der Waals surface area contributed by atoms with E-state index in [2.05, 4.69) is 4.72 Å². The molecule has 0 saturated carbocycles. The fraction of sp³-hybridized carbons (Fsp3) is 0.250. The van der Waals surface area contributed by atoms with Gasteiger partial charge in [-0.25, -0.2) is 8.42 Å². The van der Waals surface area contributed by atoms with E-state index in [4.69, 9.17) is 4.74 Å². The van der Waals surface area contributed by atoms with Crippen molar-refractivity contribution in [3.8, 4) is 5.75 Å². The van der Waals surface area contributed by atoms with Crippen LogP contribution in [0.5, 0.6) is 5.75 Å². The van der Waals surface area contributed by atoms with E-state index < -0.39 is 10.0 Å². The van der Waals surface area contributed by atoms with Crippen LogP contribution in [0.3, 0.4) is 0 Å². The van der Waals surface area contributed by atoms with Gasteiger partial charge in [0.1, 0.15) is 5.75 Å². The summed E-state index contributed by atoms with van der Waals surface area (Å²) in [5, 5.41) is 0. The molecule has 2 aromatic carbocycles. The predicted octanol–water partition coefficient (Wildman–Crippen LogP) is 4.13. The van der Waals surface area contributed by atoms with Gasteiger partial charge < -0.3 is 4.74 Å². The van der Waals surface area contributed by atoms with Crippen molar-refractivity contribution < 1.29 is 17.9 Å². The number of sulfonamides is 1. The van der Waals surface area contributed by atoms with Crippen LogP contribution in [-0.4, -0.2) is 26.1 Å². The maximum Gasteiger partial charge on any atom is 0.232 e. The Kier molecular flexibility index (Phi) is 6.58. The van der Waals surface area contributed by atoms with Crippen molar-refractivity contribution in [1.82, 2.24) is 0 Å². The smallest absolute Gasteiger partial charge is 0.232 e. The van der Waals surface area contributed by atoms with Crippen molar-refractivity contribution in [2.75, 3.05) is 10.5 Å². The van der Waals surface area contributed by atoms with Crippen molar-refractivity contribution in [2.45, 2.75) is 26.9 Å². The molecule has 0 heterocycles. The van der Waals surface area contributed by atoms with Gasteiger partial charge in [0.15, 0.2) is 5.78 Å². The lowest BCUT2D eigenvalue weighted by Gasteiger charge is -2.09. The molecule has 0 bridgehead atoms. The normalized spacial score (nSPS) is 11.7. The molecule has 0 aliphatic rings. The Bertz CT molecular complexity index is 867. The number of rotatable bonds is 8. The van der Waals surface area contributed by atoms with Gasteiger partial charge in [-0.2, -0.15) is 0 Å². The van der Waals surface area contributed by atoms with E-state index in [1.54, 1.807) is 37.3 Å². The Balaban J connectivity index is 2.01. The fourth-order valence-corrected chi connectivity index (χ4v) is 2.79. The summed E-state index contributed by atoms with van der Waals surface area (Å²) >= 11 is 0. The van der Waals surface area contributed by atoms with E-state index in [9.17, 15) is 13.2 Å². The van der Waals surface area contributed by atoms with Crippen molar-refractivity contribution in [3.05, 3.63) is 65.7 Å². The summed E-state index contributed by atoms with van der Waals surface area (Å²) in [4.78, 5) is 12.2. The number of carbonyl (C=O) groups excluding carboxylic acids is 1. The molecule has 0 fully saturated rings. The van der Waals surface area contributed by atoms with Gasteiger partial charge in [0.05, 0.1) is 11.9 Å². The van der Waals surface area contributed by atoms with E-state index in [1.807, 2.05) is 38.1 Å². The van der Waals surface area contributed by atoms with Gasteiger partial charge in [0.25, 0.3) is 0 Å². The van der Waals surface area contributed by atoms with Gasteiger partial charge in [-0.1, -0.05) is 18.2 Å². The first-order valence-electron chi connectivity index (χ1n) is 8.39. The number of nitrogens with one attached hydrogen (secondary N) is 1. The van der Waals surface area contributed by atoms with Gasteiger partial charge >= 0.3 is 0 Å². The molecule has 0 aliphatic carbocycles.